The lowest BCUT2D eigenvalue weighted by Crippen LogP contribution is -2.20. The van der Waals surface area contributed by atoms with Gasteiger partial charge in [-0.1, -0.05) is 32.0 Å². The van der Waals surface area contributed by atoms with E-state index >= 15 is 0 Å². The van der Waals surface area contributed by atoms with Crippen LogP contribution in [-0.4, -0.2) is 13.1 Å². The smallest absolute Gasteiger partial charge is 0.310 e. The van der Waals surface area contributed by atoms with E-state index in [4.69, 9.17) is 9.57 Å². The van der Waals surface area contributed by atoms with Crippen LogP contribution in [0.3, 0.4) is 0 Å². The fourth-order valence-corrected chi connectivity index (χ4v) is 1.57. The van der Waals surface area contributed by atoms with E-state index in [-0.39, 0.29) is 12.0 Å². The molecule has 1 aromatic rings. The van der Waals surface area contributed by atoms with Gasteiger partial charge in [0, 0.05) is 12.0 Å². The van der Waals surface area contributed by atoms with Crippen molar-refractivity contribution in [3.05, 3.63) is 29.8 Å². The van der Waals surface area contributed by atoms with E-state index in [9.17, 15) is 4.79 Å². The minimum Gasteiger partial charge on any atom is -0.426 e. The number of esters is 1. The summed E-state index contributed by atoms with van der Waals surface area (Å²) in [5.74, 6) is 0.362. The number of para-hydroxylation sites is 1. The van der Waals surface area contributed by atoms with Crippen LogP contribution in [0.15, 0.2) is 24.3 Å². The van der Waals surface area contributed by atoms with Crippen LogP contribution in [-0.2, 0) is 9.63 Å². The van der Waals surface area contributed by atoms with Gasteiger partial charge in [0.2, 0.25) is 0 Å². The molecule has 0 saturated heterocycles. The van der Waals surface area contributed by atoms with Gasteiger partial charge in [0.25, 0.3) is 0 Å². The van der Waals surface area contributed by atoms with Crippen LogP contribution >= 0.6 is 0 Å². The van der Waals surface area contributed by atoms with Crippen LogP contribution in [0.1, 0.15) is 38.3 Å². The maximum absolute atomic E-state index is 11.3. The lowest BCUT2D eigenvalue weighted by Gasteiger charge is -2.18. The summed E-state index contributed by atoms with van der Waals surface area (Å²) in [5.41, 5.74) is 3.82. The average Bonchev–Trinajstić information content (AvgIpc) is 2.36. The molecule has 0 aromatic heterocycles. The Labute approximate surface area is 102 Å². The van der Waals surface area contributed by atoms with E-state index in [2.05, 4.69) is 5.48 Å². The molecule has 0 fully saturated rings. The van der Waals surface area contributed by atoms with Gasteiger partial charge in [-0.15, -0.1) is 0 Å². The predicted octanol–water partition coefficient (Wildman–Crippen LogP) is 2.60. The normalized spacial score (nSPS) is 12.2. The summed E-state index contributed by atoms with van der Waals surface area (Å²) in [6.45, 7) is 3.81. The zero-order valence-electron chi connectivity index (χ0n) is 10.5. The monoisotopic (exact) mass is 237 g/mol. The van der Waals surface area contributed by atoms with Crippen LogP contribution in [0.2, 0.25) is 0 Å². The van der Waals surface area contributed by atoms with Crippen molar-refractivity contribution in [2.24, 2.45) is 0 Å². The van der Waals surface area contributed by atoms with E-state index in [1.807, 2.05) is 25.1 Å². The highest BCUT2D eigenvalue weighted by Crippen LogP contribution is 2.27. The Bertz CT molecular complexity index is 365. The molecule has 4 nitrogen and oxygen atoms in total. The van der Waals surface area contributed by atoms with Crippen molar-refractivity contribution in [1.29, 1.82) is 0 Å². The second-order valence-corrected chi connectivity index (χ2v) is 3.65. The molecular weight excluding hydrogens is 218 g/mol. The Morgan fingerprint density at radius 3 is 2.65 bits per heavy atom. The number of nitrogens with one attached hydrogen (secondary N) is 1. The molecule has 0 saturated carbocycles. The topological polar surface area (TPSA) is 47.6 Å². The zero-order chi connectivity index (χ0) is 12.7. The van der Waals surface area contributed by atoms with Gasteiger partial charge in [0.1, 0.15) is 5.75 Å². The number of hydrogen-bond acceptors (Lipinski definition) is 4. The van der Waals surface area contributed by atoms with Crippen molar-refractivity contribution in [3.63, 3.8) is 0 Å². The van der Waals surface area contributed by atoms with Crippen molar-refractivity contribution < 1.29 is 14.4 Å². The van der Waals surface area contributed by atoms with Crippen LogP contribution in [0, 0.1) is 0 Å². The van der Waals surface area contributed by atoms with Crippen molar-refractivity contribution in [2.45, 2.75) is 32.7 Å². The molecule has 17 heavy (non-hydrogen) atoms. The standard InChI is InChI=1S/C13H19NO3/c1-4-11(14-16-3)10-8-6-7-9-12(10)17-13(15)5-2/h6-9,11,14H,4-5H2,1-3H3. The van der Waals surface area contributed by atoms with E-state index in [1.54, 1.807) is 20.1 Å². The molecule has 0 heterocycles. The Morgan fingerprint density at radius 1 is 1.35 bits per heavy atom. The Hall–Kier alpha value is -1.39. The summed E-state index contributed by atoms with van der Waals surface area (Å²) in [4.78, 5) is 16.3. The number of rotatable bonds is 6. The van der Waals surface area contributed by atoms with E-state index in [1.165, 1.54) is 0 Å². The van der Waals surface area contributed by atoms with E-state index in [0.29, 0.717) is 12.2 Å². The first-order chi connectivity index (χ1) is 8.22. The first kappa shape index (κ1) is 13.7. The van der Waals surface area contributed by atoms with E-state index in [0.717, 1.165) is 12.0 Å². The molecule has 0 spiro atoms. The van der Waals surface area contributed by atoms with Gasteiger partial charge in [0.05, 0.1) is 13.2 Å². The highest BCUT2D eigenvalue weighted by Gasteiger charge is 2.15. The van der Waals surface area contributed by atoms with Gasteiger partial charge >= 0.3 is 5.97 Å². The molecule has 0 amide bonds. The molecule has 0 aliphatic rings. The Balaban J connectivity index is 2.93. The average molecular weight is 237 g/mol. The SMILES string of the molecule is CCC(=O)Oc1ccccc1C(CC)NOC. The van der Waals surface area contributed by atoms with Gasteiger partial charge in [0.15, 0.2) is 0 Å². The first-order valence-electron chi connectivity index (χ1n) is 5.81. The lowest BCUT2D eigenvalue weighted by molar-refractivity contribution is -0.134. The minimum absolute atomic E-state index is 0.0147. The molecule has 1 unspecified atom stereocenters. The number of benzene rings is 1. The van der Waals surface area contributed by atoms with Crippen LogP contribution < -0.4 is 10.2 Å². The molecule has 4 heteroatoms. The third-order valence-electron chi connectivity index (χ3n) is 2.48. The number of hydrogen-bond donors (Lipinski definition) is 1. The van der Waals surface area contributed by atoms with Gasteiger partial charge in [-0.25, -0.2) is 0 Å². The fourth-order valence-electron chi connectivity index (χ4n) is 1.57. The number of carbonyl (C=O) groups excluding carboxylic acids is 1. The largest absolute Gasteiger partial charge is 0.426 e. The zero-order valence-corrected chi connectivity index (χ0v) is 10.5. The summed E-state index contributed by atoms with van der Waals surface area (Å²) in [5, 5.41) is 0. The molecule has 1 N–H and O–H groups in total. The molecule has 94 valence electrons. The predicted molar refractivity (Wildman–Crippen MR) is 65.5 cm³/mol. The van der Waals surface area contributed by atoms with Gasteiger partial charge in [-0.05, 0) is 12.5 Å². The minimum atomic E-state index is -0.232. The van der Waals surface area contributed by atoms with Crippen LogP contribution in [0.25, 0.3) is 0 Å². The highest BCUT2D eigenvalue weighted by molar-refractivity contribution is 5.72. The lowest BCUT2D eigenvalue weighted by atomic mass is 10.0. The van der Waals surface area contributed by atoms with E-state index < -0.39 is 0 Å². The molecule has 0 radical (unpaired) electrons. The fraction of sp³-hybridized carbons (Fsp3) is 0.462. The summed E-state index contributed by atoms with van der Waals surface area (Å²) >= 11 is 0. The van der Waals surface area contributed by atoms with Crippen molar-refractivity contribution in [3.8, 4) is 5.75 Å². The number of carbonyl (C=O) groups is 1. The highest BCUT2D eigenvalue weighted by atomic mass is 16.6. The molecule has 1 aromatic carbocycles. The summed E-state index contributed by atoms with van der Waals surface area (Å²) < 4.78 is 5.29. The van der Waals surface area contributed by atoms with Crippen molar-refractivity contribution >= 4 is 5.97 Å². The third-order valence-corrected chi connectivity index (χ3v) is 2.48. The number of hydroxylamine groups is 1. The molecule has 1 atom stereocenters. The van der Waals surface area contributed by atoms with Crippen LogP contribution in [0.5, 0.6) is 5.75 Å². The molecule has 0 aliphatic heterocycles. The van der Waals surface area contributed by atoms with Crippen LogP contribution in [0.4, 0.5) is 0 Å². The van der Waals surface area contributed by atoms with Gasteiger partial charge in [-0.3, -0.25) is 4.79 Å². The maximum atomic E-state index is 11.3. The summed E-state index contributed by atoms with van der Waals surface area (Å²) in [6, 6.07) is 7.50. The third kappa shape index (κ3) is 3.84. The maximum Gasteiger partial charge on any atom is 0.310 e. The summed E-state index contributed by atoms with van der Waals surface area (Å²) in [6.07, 6.45) is 1.21. The van der Waals surface area contributed by atoms with Crippen molar-refractivity contribution in [1.82, 2.24) is 5.48 Å². The molecule has 0 bridgehead atoms. The molecule has 0 aliphatic carbocycles. The molecular formula is C13H19NO3. The first-order valence-corrected chi connectivity index (χ1v) is 5.81. The Morgan fingerprint density at radius 2 is 2.06 bits per heavy atom. The second kappa shape index (κ2) is 7.04. The van der Waals surface area contributed by atoms with Crippen molar-refractivity contribution in [2.75, 3.05) is 7.11 Å². The summed E-state index contributed by atoms with van der Waals surface area (Å²) in [7, 11) is 1.57. The molecule has 1 rings (SSSR count). The quantitative estimate of drug-likeness (QED) is 0.469. The number of ether oxygens (including phenoxy) is 1. The van der Waals surface area contributed by atoms with Gasteiger partial charge in [-0.2, -0.15) is 5.48 Å². The van der Waals surface area contributed by atoms with Gasteiger partial charge < -0.3 is 9.57 Å². The second-order valence-electron chi connectivity index (χ2n) is 3.65. The Kier molecular flexibility index (Phi) is 5.66.